The summed E-state index contributed by atoms with van der Waals surface area (Å²) in [7, 11) is 2.10. The number of amides is 3. The second kappa shape index (κ2) is 10.5. The Labute approximate surface area is 209 Å². The monoisotopic (exact) mass is 493 g/mol. The Balaban J connectivity index is 1.47. The number of likely N-dealkylation sites (N-methyl/N-ethyl adjacent to an activating group) is 1. The van der Waals surface area contributed by atoms with E-state index in [4.69, 9.17) is 5.73 Å². The molecule has 0 aromatic heterocycles. The van der Waals surface area contributed by atoms with E-state index in [1.807, 2.05) is 60.7 Å². The summed E-state index contributed by atoms with van der Waals surface area (Å²) >= 11 is 0. The second-order valence-electron chi connectivity index (χ2n) is 9.68. The quantitative estimate of drug-likeness (QED) is 0.414. The Kier molecular flexibility index (Phi) is 7.35. The van der Waals surface area contributed by atoms with Gasteiger partial charge in [0.25, 0.3) is 0 Å². The molecule has 3 aromatic rings. The molecule has 188 valence electrons. The largest absolute Gasteiger partial charge is 0.369 e. The van der Waals surface area contributed by atoms with Gasteiger partial charge in [0, 0.05) is 24.1 Å². The average Bonchev–Trinajstić information content (AvgIpc) is 3.22. The molecular weight excluding hydrogens is 462 g/mol. The number of benzene rings is 3. The Morgan fingerprint density at radius 3 is 2.06 bits per heavy atom. The van der Waals surface area contributed by atoms with Crippen LogP contribution in [0.1, 0.15) is 17.5 Å². The van der Waals surface area contributed by atoms with Crippen molar-refractivity contribution in [3.05, 3.63) is 102 Å². The molecule has 1 heterocycles. The minimum Gasteiger partial charge on any atom is -0.369 e. The molecule has 0 aliphatic carbocycles. The second-order valence-corrected chi connectivity index (χ2v) is 9.68. The zero-order chi connectivity index (χ0) is 25.8. The lowest BCUT2D eigenvalue weighted by atomic mass is 9.64. The van der Waals surface area contributed by atoms with Crippen LogP contribution in [0, 0.1) is 17.6 Å². The molecule has 0 radical (unpaired) electrons. The summed E-state index contributed by atoms with van der Waals surface area (Å²) in [6.45, 7) is 2.50. The van der Waals surface area contributed by atoms with Crippen LogP contribution in [0.2, 0.25) is 0 Å². The third-order valence-electron chi connectivity index (χ3n) is 7.20. The van der Waals surface area contributed by atoms with Gasteiger partial charge in [0.2, 0.25) is 5.91 Å². The number of quaternary nitrogens is 1. The molecule has 1 unspecified atom stereocenters. The third-order valence-corrected chi connectivity index (χ3v) is 7.20. The fourth-order valence-electron chi connectivity index (χ4n) is 5.51. The number of primary amides is 1. The number of carbonyl (C=O) groups excluding carboxylic acids is 2. The average molecular weight is 494 g/mol. The van der Waals surface area contributed by atoms with E-state index in [1.165, 1.54) is 0 Å². The van der Waals surface area contributed by atoms with Gasteiger partial charge in [-0.05, 0) is 23.3 Å². The van der Waals surface area contributed by atoms with Gasteiger partial charge >= 0.3 is 6.03 Å². The summed E-state index contributed by atoms with van der Waals surface area (Å²) in [6, 6.07) is 21.7. The molecule has 0 saturated carbocycles. The van der Waals surface area contributed by atoms with E-state index >= 15 is 0 Å². The molecular formula is C28H31F2N4O2+. The predicted octanol–water partition coefficient (Wildman–Crippen LogP) is 4.02. The molecule has 0 bridgehead atoms. The highest BCUT2D eigenvalue weighted by atomic mass is 19.1. The third kappa shape index (κ3) is 5.23. The fourth-order valence-corrected chi connectivity index (χ4v) is 5.51. The van der Waals surface area contributed by atoms with Crippen molar-refractivity contribution in [2.45, 2.75) is 11.8 Å². The predicted molar refractivity (Wildman–Crippen MR) is 135 cm³/mol. The maximum absolute atomic E-state index is 13.4. The topological polar surface area (TPSA) is 84.2 Å². The Hall–Kier alpha value is -3.78. The van der Waals surface area contributed by atoms with Gasteiger partial charge in [-0.1, -0.05) is 60.7 Å². The summed E-state index contributed by atoms with van der Waals surface area (Å²) in [5.74, 6) is -1.94. The number of anilines is 1. The van der Waals surface area contributed by atoms with Gasteiger partial charge in [0.1, 0.15) is 17.0 Å². The molecule has 2 atom stereocenters. The van der Waals surface area contributed by atoms with Crippen molar-refractivity contribution in [3.8, 4) is 0 Å². The van der Waals surface area contributed by atoms with Crippen molar-refractivity contribution in [1.29, 1.82) is 0 Å². The van der Waals surface area contributed by atoms with Crippen molar-refractivity contribution in [1.82, 2.24) is 5.32 Å². The number of hydrogen-bond donors (Lipinski definition) is 3. The number of urea groups is 1. The number of rotatable bonds is 8. The van der Waals surface area contributed by atoms with Gasteiger partial charge in [-0.3, -0.25) is 4.79 Å². The molecule has 36 heavy (non-hydrogen) atoms. The summed E-state index contributed by atoms with van der Waals surface area (Å²) < 4.78 is 27.4. The van der Waals surface area contributed by atoms with Crippen LogP contribution in [0.15, 0.2) is 78.9 Å². The van der Waals surface area contributed by atoms with Crippen LogP contribution in [0.3, 0.4) is 0 Å². The van der Waals surface area contributed by atoms with E-state index in [1.54, 1.807) is 0 Å². The standard InChI is InChI=1S/C28H30F2N4O2/c1-34(15-13-32-27(36)33-25-17-23(29)16-24(30)18-25)14-12-22(19-34)28(26(31)35,20-8-4-2-5-9-20)21-10-6-3-7-11-21/h2-11,16-18,22H,12-15,19H2,1H3,(H3-,31,32,33,35,36)/p+1/t22-,34?/m1/s1. The van der Waals surface area contributed by atoms with Gasteiger partial charge in [0.15, 0.2) is 0 Å². The minimum atomic E-state index is -0.967. The SMILES string of the molecule is C[N+]1(CCNC(=O)Nc2cc(F)cc(F)c2)CC[C@@H](C(C(N)=O)(c2ccccc2)c2ccccc2)C1. The smallest absolute Gasteiger partial charge is 0.319 e. The summed E-state index contributed by atoms with van der Waals surface area (Å²) in [5.41, 5.74) is 7.01. The first-order chi connectivity index (χ1) is 17.2. The molecule has 1 aliphatic rings. The van der Waals surface area contributed by atoms with E-state index in [2.05, 4.69) is 17.7 Å². The molecule has 1 fully saturated rings. The highest BCUT2D eigenvalue weighted by molar-refractivity contribution is 5.91. The maximum atomic E-state index is 13.4. The van der Waals surface area contributed by atoms with Gasteiger partial charge in [-0.2, -0.15) is 0 Å². The highest BCUT2D eigenvalue weighted by Gasteiger charge is 2.53. The van der Waals surface area contributed by atoms with Crippen LogP contribution >= 0.6 is 0 Å². The van der Waals surface area contributed by atoms with Crippen LogP contribution in [0.5, 0.6) is 0 Å². The van der Waals surface area contributed by atoms with Gasteiger partial charge in [-0.25, -0.2) is 13.6 Å². The van der Waals surface area contributed by atoms with Crippen molar-refractivity contribution >= 4 is 17.6 Å². The summed E-state index contributed by atoms with van der Waals surface area (Å²) in [4.78, 5) is 25.5. The molecule has 1 saturated heterocycles. The fraction of sp³-hybridized carbons (Fsp3) is 0.286. The number of likely N-dealkylation sites (tertiary alicyclic amines) is 1. The van der Waals surface area contributed by atoms with Crippen LogP contribution in [-0.4, -0.2) is 49.6 Å². The van der Waals surface area contributed by atoms with E-state index in [0.717, 1.165) is 42.3 Å². The first-order valence-electron chi connectivity index (χ1n) is 12.0. The number of carbonyl (C=O) groups is 2. The lowest BCUT2D eigenvalue weighted by Gasteiger charge is -2.38. The van der Waals surface area contributed by atoms with Crippen molar-refractivity contribution in [2.24, 2.45) is 11.7 Å². The molecule has 3 amide bonds. The van der Waals surface area contributed by atoms with Gasteiger partial charge in [-0.15, -0.1) is 0 Å². The van der Waals surface area contributed by atoms with Crippen LogP contribution in [-0.2, 0) is 10.2 Å². The molecule has 1 aliphatic heterocycles. The number of nitrogens with two attached hydrogens (primary N) is 1. The van der Waals surface area contributed by atoms with Crippen LogP contribution < -0.4 is 16.4 Å². The zero-order valence-electron chi connectivity index (χ0n) is 20.2. The van der Waals surface area contributed by atoms with E-state index in [0.29, 0.717) is 24.1 Å². The first kappa shape index (κ1) is 25.3. The maximum Gasteiger partial charge on any atom is 0.319 e. The lowest BCUT2D eigenvalue weighted by molar-refractivity contribution is -0.898. The van der Waals surface area contributed by atoms with Gasteiger partial charge < -0.3 is 20.9 Å². The number of nitrogens with zero attached hydrogens (tertiary/aromatic N) is 1. The van der Waals surface area contributed by atoms with Gasteiger partial charge in [0.05, 0.1) is 33.2 Å². The van der Waals surface area contributed by atoms with Crippen LogP contribution in [0.4, 0.5) is 19.3 Å². The first-order valence-corrected chi connectivity index (χ1v) is 12.0. The normalized spacial score (nSPS) is 19.6. The van der Waals surface area contributed by atoms with Crippen LogP contribution in [0.25, 0.3) is 0 Å². The Bertz CT molecular complexity index is 1160. The van der Waals surface area contributed by atoms with E-state index < -0.39 is 23.1 Å². The molecule has 3 aromatic carbocycles. The number of halogens is 2. The molecule has 0 spiro atoms. The van der Waals surface area contributed by atoms with E-state index in [9.17, 15) is 18.4 Å². The highest BCUT2D eigenvalue weighted by Crippen LogP contribution is 2.44. The minimum absolute atomic E-state index is 0.0334. The van der Waals surface area contributed by atoms with Crippen molar-refractivity contribution in [2.75, 3.05) is 38.5 Å². The number of hydrogen-bond acceptors (Lipinski definition) is 2. The van der Waals surface area contributed by atoms with Crippen molar-refractivity contribution in [3.63, 3.8) is 0 Å². The van der Waals surface area contributed by atoms with Crippen molar-refractivity contribution < 1.29 is 22.9 Å². The Morgan fingerprint density at radius 1 is 0.972 bits per heavy atom. The summed E-state index contributed by atoms with van der Waals surface area (Å²) in [5, 5.41) is 5.21. The molecule has 6 nitrogen and oxygen atoms in total. The van der Waals surface area contributed by atoms with E-state index in [-0.39, 0.29) is 17.5 Å². The zero-order valence-corrected chi connectivity index (χ0v) is 20.2. The molecule has 4 rings (SSSR count). The Morgan fingerprint density at radius 2 is 1.53 bits per heavy atom. The number of nitrogens with one attached hydrogen (secondary N) is 2. The molecule has 4 N–H and O–H groups in total. The molecule has 8 heteroatoms. The summed E-state index contributed by atoms with van der Waals surface area (Å²) in [6.07, 6.45) is 0.790. The lowest BCUT2D eigenvalue weighted by Crippen LogP contribution is -2.52.